The number of nitrogens with zero attached hydrogens (tertiary/aromatic N) is 2. The van der Waals surface area contributed by atoms with Crippen molar-refractivity contribution in [2.45, 2.75) is 144 Å². The molecule has 2 atom stereocenters. The summed E-state index contributed by atoms with van der Waals surface area (Å²) in [5, 5.41) is 0. The Balaban J connectivity index is 4.89. The van der Waals surface area contributed by atoms with E-state index in [0.717, 1.165) is 38.8 Å². The van der Waals surface area contributed by atoms with Gasteiger partial charge in [0.25, 0.3) is 0 Å². The van der Waals surface area contributed by atoms with Gasteiger partial charge in [-0.25, -0.2) is 9.78 Å². The van der Waals surface area contributed by atoms with Crippen LogP contribution >= 0.6 is 0 Å². The molecule has 0 aromatic rings. The fourth-order valence-corrected chi connectivity index (χ4v) is 3.71. The predicted molar refractivity (Wildman–Crippen MR) is 123 cm³/mol. The van der Waals surface area contributed by atoms with Crippen LogP contribution in [0.2, 0.25) is 0 Å². The fraction of sp³-hybridized carbons (Fsp3) is 1.00. The molecular formula is C24H52N2O2. The Hall–Kier alpha value is -0.160. The van der Waals surface area contributed by atoms with Crippen LogP contribution in [0.4, 0.5) is 0 Å². The minimum atomic E-state index is -0.256. The van der Waals surface area contributed by atoms with Crippen LogP contribution in [-0.2, 0) is 9.78 Å². The highest BCUT2D eigenvalue weighted by Crippen LogP contribution is 2.28. The highest BCUT2D eigenvalue weighted by Gasteiger charge is 2.32. The highest BCUT2D eigenvalue weighted by molar-refractivity contribution is 4.80. The van der Waals surface area contributed by atoms with Gasteiger partial charge in [-0.05, 0) is 94.9 Å². The molecule has 4 nitrogen and oxygen atoms in total. The Morgan fingerprint density at radius 3 is 1.00 bits per heavy atom. The predicted octanol–water partition coefficient (Wildman–Crippen LogP) is 6.29. The fourth-order valence-electron chi connectivity index (χ4n) is 3.71. The van der Waals surface area contributed by atoms with Gasteiger partial charge < -0.3 is 0 Å². The maximum Gasteiger partial charge on any atom is 0.102 e. The summed E-state index contributed by atoms with van der Waals surface area (Å²) >= 11 is 0. The summed E-state index contributed by atoms with van der Waals surface area (Å²) in [5.41, 5.74) is -0.511. The van der Waals surface area contributed by atoms with Gasteiger partial charge >= 0.3 is 0 Å². The van der Waals surface area contributed by atoms with Crippen LogP contribution in [0.1, 0.15) is 109 Å². The molecule has 170 valence electrons. The highest BCUT2D eigenvalue weighted by atomic mass is 17.2. The summed E-state index contributed by atoms with van der Waals surface area (Å²) in [6.07, 6.45) is 3.84. The molecule has 0 fully saturated rings. The molecule has 0 rings (SSSR count). The van der Waals surface area contributed by atoms with Crippen molar-refractivity contribution in [3.8, 4) is 0 Å². The largest absolute Gasteiger partial charge is 0.298 e. The number of hydrogen-bond donors (Lipinski definition) is 0. The zero-order valence-electron chi connectivity index (χ0n) is 21.3. The second kappa shape index (κ2) is 12.5. The third-order valence-electron chi connectivity index (χ3n) is 6.39. The monoisotopic (exact) mass is 400 g/mol. The van der Waals surface area contributed by atoms with E-state index in [0.29, 0.717) is 24.2 Å². The van der Waals surface area contributed by atoms with Crippen molar-refractivity contribution in [1.29, 1.82) is 0 Å². The lowest BCUT2D eigenvalue weighted by atomic mass is 9.97. The quantitative estimate of drug-likeness (QED) is 0.238. The van der Waals surface area contributed by atoms with Crippen molar-refractivity contribution in [1.82, 2.24) is 9.80 Å². The first-order valence-electron chi connectivity index (χ1n) is 11.7. The van der Waals surface area contributed by atoms with Gasteiger partial charge in [0.1, 0.15) is 11.2 Å². The molecule has 0 aliphatic heterocycles. The summed E-state index contributed by atoms with van der Waals surface area (Å²) in [7, 11) is 0. The molecule has 0 aromatic heterocycles. The zero-order valence-corrected chi connectivity index (χ0v) is 21.3. The van der Waals surface area contributed by atoms with Crippen LogP contribution in [-0.4, -0.2) is 58.3 Å². The van der Waals surface area contributed by atoms with Gasteiger partial charge in [-0.15, -0.1) is 0 Å². The molecule has 0 spiro atoms. The van der Waals surface area contributed by atoms with Crippen LogP contribution in [0.25, 0.3) is 0 Å². The Bertz CT molecular complexity index is 357. The van der Waals surface area contributed by atoms with E-state index in [4.69, 9.17) is 9.78 Å². The first-order valence-corrected chi connectivity index (χ1v) is 11.7. The molecule has 0 saturated heterocycles. The van der Waals surface area contributed by atoms with E-state index in [2.05, 4.69) is 92.9 Å². The molecule has 0 amide bonds. The second-order valence-electron chi connectivity index (χ2n) is 10.1. The van der Waals surface area contributed by atoms with Gasteiger partial charge in [-0.3, -0.25) is 9.80 Å². The molecule has 0 aliphatic carbocycles. The van der Waals surface area contributed by atoms with E-state index in [1.807, 2.05) is 0 Å². The van der Waals surface area contributed by atoms with Crippen molar-refractivity contribution in [2.75, 3.05) is 13.1 Å². The standard InChI is InChI=1S/C24H52N2O2/c1-13-23(11,15-17-25(19(3)4)20(5)6)27-28-24(12,14-2)16-18-26(21(7)8)22(9)10/h19-22H,13-18H2,1-12H3. The summed E-state index contributed by atoms with van der Waals surface area (Å²) in [6, 6.07) is 2.17. The Labute approximate surface area is 177 Å². The molecule has 2 unspecified atom stereocenters. The van der Waals surface area contributed by atoms with E-state index in [1.165, 1.54) is 0 Å². The van der Waals surface area contributed by atoms with Crippen LogP contribution in [0, 0.1) is 0 Å². The first-order chi connectivity index (χ1) is 12.8. The molecule has 0 aromatic carbocycles. The number of rotatable bonds is 15. The topological polar surface area (TPSA) is 24.9 Å². The molecule has 0 radical (unpaired) electrons. The molecule has 0 saturated carbocycles. The van der Waals surface area contributed by atoms with Crippen LogP contribution in [0.5, 0.6) is 0 Å². The SMILES string of the molecule is CCC(C)(CCN(C(C)C)C(C)C)OOC(C)(CC)CCN(C(C)C)C(C)C. The zero-order chi connectivity index (χ0) is 22.1. The van der Waals surface area contributed by atoms with Gasteiger partial charge in [0.05, 0.1) is 0 Å². The van der Waals surface area contributed by atoms with Gasteiger partial charge in [0, 0.05) is 37.3 Å². The van der Waals surface area contributed by atoms with Crippen LogP contribution < -0.4 is 0 Å². The van der Waals surface area contributed by atoms with Crippen molar-refractivity contribution in [3.63, 3.8) is 0 Å². The third-order valence-corrected chi connectivity index (χ3v) is 6.39. The van der Waals surface area contributed by atoms with Gasteiger partial charge in [0.15, 0.2) is 0 Å². The Kier molecular flexibility index (Phi) is 12.4. The second-order valence-corrected chi connectivity index (χ2v) is 10.1. The van der Waals surface area contributed by atoms with Gasteiger partial charge in [-0.1, -0.05) is 13.8 Å². The summed E-state index contributed by atoms with van der Waals surface area (Å²) < 4.78 is 0. The van der Waals surface area contributed by atoms with E-state index in [1.54, 1.807) is 0 Å². The molecule has 4 heteroatoms. The molecule has 0 heterocycles. The lowest BCUT2D eigenvalue weighted by Gasteiger charge is -2.38. The summed E-state index contributed by atoms with van der Waals surface area (Å²) in [5.74, 6) is 0. The van der Waals surface area contributed by atoms with Gasteiger partial charge in [-0.2, -0.15) is 0 Å². The van der Waals surface area contributed by atoms with Crippen LogP contribution in [0.15, 0.2) is 0 Å². The molecule has 0 aliphatic rings. The maximum atomic E-state index is 6.15. The Morgan fingerprint density at radius 2 is 0.821 bits per heavy atom. The van der Waals surface area contributed by atoms with E-state index < -0.39 is 0 Å². The van der Waals surface area contributed by atoms with Crippen LogP contribution in [0.3, 0.4) is 0 Å². The Morgan fingerprint density at radius 1 is 0.571 bits per heavy atom. The van der Waals surface area contributed by atoms with E-state index in [9.17, 15) is 0 Å². The summed E-state index contributed by atoms with van der Waals surface area (Å²) in [6.45, 7) is 29.0. The van der Waals surface area contributed by atoms with E-state index >= 15 is 0 Å². The summed E-state index contributed by atoms with van der Waals surface area (Å²) in [4.78, 5) is 17.4. The minimum absolute atomic E-state index is 0.256. The first kappa shape index (κ1) is 27.8. The lowest BCUT2D eigenvalue weighted by molar-refractivity contribution is -0.411. The van der Waals surface area contributed by atoms with Crippen molar-refractivity contribution >= 4 is 0 Å². The van der Waals surface area contributed by atoms with Crippen molar-refractivity contribution in [3.05, 3.63) is 0 Å². The molecule has 0 N–H and O–H groups in total. The van der Waals surface area contributed by atoms with Gasteiger partial charge in [0.2, 0.25) is 0 Å². The smallest absolute Gasteiger partial charge is 0.102 e. The molecular weight excluding hydrogens is 348 g/mol. The van der Waals surface area contributed by atoms with E-state index in [-0.39, 0.29) is 11.2 Å². The molecule has 28 heavy (non-hydrogen) atoms. The number of hydrogen-bond acceptors (Lipinski definition) is 4. The van der Waals surface area contributed by atoms with Crippen molar-refractivity contribution < 1.29 is 9.78 Å². The third kappa shape index (κ3) is 9.56. The average molecular weight is 401 g/mol. The van der Waals surface area contributed by atoms with Crippen molar-refractivity contribution in [2.24, 2.45) is 0 Å². The lowest BCUT2D eigenvalue weighted by Crippen LogP contribution is -2.44. The average Bonchev–Trinajstić information content (AvgIpc) is 2.59. The maximum absolute atomic E-state index is 6.15. The molecule has 0 bridgehead atoms. The minimum Gasteiger partial charge on any atom is -0.298 e. The normalized spacial score (nSPS) is 17.4.